The molecule has 0 saturated carbocycles. The van der Waals surface area contributed by atoms with Gasteiger partial charge in [-0.2, -0.15) is 0 Å². The molecule has 4 aliphatic heterocycles. The average Bonchev–Trinajstić information content (AvgIpc) is 0.991. The van der Waals surface area contributed by atoms with Crippen molar-refractivity contribution in [2.24, 2.45) is 0 Å². The highest BCUT2D eigenvalue weighted by molar-refractivity contribution is 7.06. The van der Waals surface area contributed by atoms with E-state index in [1.807, 2.05) is 0 Å². The molecule has 4 nitrogen and oxygen atoms in total. The van der Waals surface area contributed by atoms with E-state index in [0.29, 0.717) is 5.92 Å². The minimum absolute atomic E-state index is 0.00262. The van der Waals surface area contributed by atoms with Gasteiger partial charge < -0.3 is 19.6 Å². The molecule has 5 aliphatic rings. The van der Waals surface area contributed by atoms with Crippen molar-refractivity contribution in [2.45, 2.75) is 163 Å². The van der Waals surface area contributed by atoms with Crippen LogP contribution in [-0.4, -0.2) is 52.4 Å². The first kappa shape index (κ1) is 80.0. The van der Waals surface area contributed by atoms with Gasteiger partial charge in [0.15, 0.2) is 0 Å². The zero-order valence-corrected chi connectivity index (χ0v) is 77.8. The first-order chi connectivity index (χ1) is 57.5. The summed E-state index contributed by atoms with van der Waals surface area (Å²) in [7, 11) is 3.40. The van der Waals surface area contributed by atoms with E-state index in [0.717, 1.165) is 12.8 Å². The first-order valence-electron chi connectivity index (χ1n) is 44.2. The number of hydrogen-bond acceptors (Lipinski definition) is 4. The molecular weight excluding hydrogens is 1500 g/mol. The van der Waals surface area contributed by atoms with Gasteiger partial charge in [-0.3, -0.25) is 0 Å². The molecule has 120 heavy (non-hydrogen) atoms. The summed E-state index contributed by atoms with van der Waals surface area (Å²) >= 11 is 0. The van der Waals surface area contributed by atoms with Crippen LogP contribution >= 0.6 is 0 Å². The third-order valence-electron chi connectivity index (χ3n) is 29.5. The van der Waals surface area contributed by atoms with Crippen LogP contribution in [0.5, 0.6) is 0 Å². The maximum atomic E-state index is 2.57. The van der Waals surface area contributed by atoms with Crippen molar-refractivity contribution < 1.29 is 0 Å². The molecule has 16 aromatic rings. The molecule has 0 N–H and O–H groups in total. The zero-order chi connectivity index (χ0) is 84.2. The van der Waals surface area contributed by atoms with Crippen molar-refractivity contribution in [1.82, 2.24) is 0 Å². The molecule has 0 bridgehead atoms. The SMILES string of the molecule is CCC(C)(C)c1cc2c(c3ccccc13)N(C)c1cc3ccccc3cc1[Si]2(C)C.CCC(C)c1ccc2c(c1)-c1ccccc1-c1cc3c(cc1N2C)-c1ccccc1C3(C)C.CC[Si]1(CC)c2cc3ccccc3cc2N(C)c2cc(C(C)(C)C)c3ccccc3c21.Cc1c2c(cc3ccccc13)N(C)c1cc3ccccc3cc1[Si]2(C)C. The van der Waals surface area contributed by atoms with Crippen molar-refractivity contribution in [3.63, 3.8) is 0 Å². The van der Waals surface area contributed by atoms with Crippen molar-refractivity contribution in [1.29, 1.82) is 0 Å². The molecule has 1 unspecified atom stereocenters. The maximum absolute atomic E-state index is 2.57. The summed E-state index contributed by atoms with van der Waals surface area (Å²) in [5.74, 6) is 0.555. The summed E-state index contributed by atoms with van der Waals surface area (Å²) in [4.78, 5) is 9.75. The molecule has 16 aromatic carbocycles. The lowest BCUT2D eigenvalue weighted by Crippen LogP contribution is -2.62. The van der Waals surface area contributed by atoms with Crippen molar-refractivity contribution >= 4 is 165 Å². The Hall–Kier alpha value is -11.1. The Balaban J connectivity index is 0.000000110. The van der Waals surface area contributed by atoms with Crippen LogP contribution in [0.4, 0.5) is 45.5 Å². The summed E-state index contributed by atoms with van der Waals surface area (Å²) in [6.07, 6.45) is 2.28. The Morgan fingerprint density at radius 3 is 1.32 bits per heavy atom. The normalized spacial score (nSPS) is 15.3. The Morgan fingerprint density at radius 1 is 0.333 bits per heavy atom. The van der Waals surface area contributed by atoms with Gasteiger partial charge in [-0.15, -0.1) is 0 Å². The van der Waals surface area contributed by atoms with E-state index in [-0.39, 0.29) is 16.2 Å². The van der Waals surface area contributed by atoms with Gasteiger partial charge in [0.05, 0.1) is 0 Å². The van der Waals surface area contributed by atoms with E-state index >= 15 is 0 Å². The van der Waals surface area contributed by atoms with Crippen molar-refractivity contribution in [2.75, 3.05) is 47.8 Å². The number of benzene rings is 16. The fourth-order valence-electron chi connectivity index (χ4n) is 21.9. The van der Waals surface area contributed by atoms with E-state index < -0.39 is 24.2 Å². The molecule has 602 valence electrons. The maximum Gasteiger partial charge on any atom is 0.123 e. The van der Waals surface area contributed by atoms with Gasteiger partial charge >= 0.3 is 0 Å². The minimum atomic E-state index is -1.92. The highest BCUT2D eigenvalue weighted by Gasteiger charge is 2.46. The van der Waals surface area contributed by atoms with Gasteiger partial charge in [-0.25, -0.2) is 0 Å². The molecule has 1 aliphatic carbocycles. The van der Waals surface area contributed by atoms with Crippen LogP contribution in [0, 0.1) is 6.92 Å². The van der Waals surface area contributed by atoms with Crippen LogP contribution in [0.2, 0.25) is 38.3 Å². The van der Waals surface area contributed by atoms with Crippen LogP contribution < -0.4 is 50.7 Å². The molecule has 4 heterocycles. The number of aryl methyl sites for hydroxylation is 1. The van der Waals surface area contributed by atoms with E-state index in [2.05, 4.69) is 443 Å². The third kappa shape index (κ3) is 12.6. The highest BCUT2D eigenvalue weighted by Crippen LogP contribution is 2.56. The van der Waals surface area contributed by atoms with Gasteiger partial charge in [0.1, 0.15) is 24.2 Å². The summed E-state index contributed by atoms with van der Waals surface area (Å²) in [6, 6.07) is 108. The second kappa shape index (κ2) is 29.7. The topological polar surface area (TPSA) is 13.0 Å². The molecule has 1 atom stereocenters. The predicted octanol–water partition coefficient (Wildman–Crippen LogP) is 27.7. The Labute approximate surface area is 717 Å². The van der Waals surface area contributed by atoms with Crippen LogP contribution in [0.25, 0.3) is 98.0 Å². The lowest BCUT2D eigenvalue weighted by Gasteiger charge is -2.44. The largest absolute Gasteiger partial charge is 0.345 e. The molecule has 0 spiro atoms. The summed E-state index contributed by atoms with van der Waals surface area (Å²) in [6.45, 7) is 40.7. The fourth-order valence-corrected chi connectivity index (χ4v) is 33.4. The van der Waals surface area contributed by atoms with Gasteiger partial charge in [-0.1, -0.05) is 346 Å². The average molecular weight is 1620 g/mol. The zero-order valence-electron chi connectivity index (χ0n) is 74.8. The number of rotatable bonds is 6. The van der Waals surface area contributed by atoms with Crippen LogP contribution in [-0.2, 0) is 16.2 Å². The number of hydrogen-bond donors (Lipinski definition) is 0. The molecule has 0 fully saturated rings. The quantitative estimate of drug-likeness (QED) is 0.154. The standard InChI is InChI=1S/C32H31N.C29H33NSi.C28H31NSi.C24H23NSi/c1-6-20(2)21-15-16-30-26(17-21)22-11-7-8-12-23(22)27-18-29-25(19-31(27)33(30)5)24-13-9-10-14-28(24)32(29,3)4;1-7-31(8-2)27-18-21-14-10-9-13-20(21)17-25(27)30(6)26-19-24(29(3,4)5)22-15-11-12-16-23(22)28(26)31;1-7-28(2,3)23-18-26-27(22-15-11-10-14-21(22)23)29(4)24-16-19-12-8-9-13-20(19)17-25(24)30(26,5)6;1-16-20-12-8-7-11-19(20)14-22-24(16)26(3,4)23-15-18-10-6-5-9-17(18)13-21(23)25(22)2/h7-20H,6H2,1-5H3;9-19H,7-8H2,1-6H3;8-18H,7H2,1-6H3;5-15H,1-4H3. The second-order valence-electron chi connectivity index (χ2n) is 38.5. The monoisotopic (exact) mass is 1610 g/mol. The van der Waals surface area contributed by atoms with Crippen LogP contribution in [0.3, 0.4) is 0 Å². The number of anilines is 8. The fraction of sp³-hybridized carbons (Fsp3) is 0.257. The summed E-state index contributed by atoms with van der Waals surface area (Å²) in [5, 5.41) is 26.0. The minimum Gasteiger partial charge on any atom is -0.345 e. The molecule has 0 amide bonds. The molecule has 21 rings (SSSR count). The third-order valence-corrected chi connectivity index (χ3v) is 41.9. The van der Waals surface area contributed by atoms with Gasteiger partial charge in [-0.05, 0) is 237 Å². The molecule has 7 heteroatoms. The van der Waals surface area contributed by atoms with Crippen molar-refractivity contribution in [3.05, 3.63) is 312 Å². The van der Waals surface area contributed by atoms with Crippen LogP contribution in [0.1, 0.15) is 135 Å². The van der Waals surface area contributed by atoms with Gasteiger partial charge in [0, 0.05) is 95.6 Å². The Bertz CT molecular complexity index is 6840. The highest BCUT2D eigenvalue weighted by atomic mass is 28.3. The second-order valence-corrected chi connectivity index (χ2v) is 51.7. The number of nitrogens with zero attached hydrogens (tertiary/aromatic N) is 4. The van der Waals surface area contributed by atoms with Gasteiger partial charge in [0.2, 0.25) is 0 Å². The Morgan fingerprint density at radius 2 is 0.767 bits per heavy atom. The summed E-state index contributed by atoms with van der Waals surface area (Å²) < 4.78 is 0. The molecule has 0 saturated heterocycles. The van der Waals surface area contributed by atoms with Crippen LogP contribution in [0.15, 0.2) is 279 Å². The predicted molar refractivity (Wildman–Crippen MR) is 536 cm³/mol. The first-order valence-corrected chi connectivity index (χ1v) is 52.6. The summed E-state index contributed by atoms with van der Waals surface area (Å²) in [5.41, 5.74) is 28.0. The smallest absolute Gasteiger partial charge is 0.123 e. The van der Waals surface area contributed by atoms with E-state index in [9.17, 15) is 0 Å². The Kier molecular flexibility index (Phi) is 19.8. The van der Waals surface area contributed by atoms with E-state index in [4.69, 9.17) is 0 Å². The van der Waals surface area contributed by atoms with Crippen molar-refractivity contribution in [3.8, 4) is 33.4 Å². The number of fused-ring (bicyclic) bond motifs is 22. The van der Waals surface area contributed by atoms with E-state index in [1.165, 1.54) is 189 Å². The lowest BCUT2D eigenvalue weighted by molar-refractivity contribution is 0.511. The van der Waals surface area contributed by atoms with Gasteiger partial charge in [0.25, 0.3) is 0 Å². The lowest BCUT2D eigenvalue weighted by atomic mass is 9.79. The molecular formula is C113H118N4Si3. The molecule has 0 radical (unpaired) electrons. The molecule has 0 aromatic heterocycles. The van der Waals surface area contributed by atoms with E-state index in [1.54, 1.807) is 31.1 Å².